The lowest BCUT2D eigenvalue weighted by atomic mass is 9.69. The van der Waals surface area contributed by atoms with Crippen LogP contribution in [0.25, 0.3) is 0 Å². The molecule has 3 unspecified atom stereocenters. The maximum Gasteiger partial charge on any atom is 0.0492 e. The van der Waals surface area contributed by atoms with Gasteiger partial charge in [-0.3, -0.25) is 4.68 Å². The molecule has 1 saturated carbocycles. The molecule has 1 aliphatic rings. The molecule has 0 aromatic carbocycles. The summed E-state index contributed by atoms with van der Waals surface area (Å²) in [6.07, 6.45) is 6.04. The number of hydrogen-bond acceptors (Lipinski definition) is 2. The summed E-state index contributed by atoms with van der Waals surface area (Å²) in [6.45, 7) is 9.04. The van der Waals surface area contributed by atoms with Gasteiger partial charge in [0.15, 0.2) is 0 Å². The zero-order valence-electron chi connectivity index (χ0n) is 12.9. The fourth-order valence-corrected chi connectivity index (χ4v) is 3.66. The number of nitrogens with zero attached hydrogens (tertiary/aromatic N) is 2. The van der Waals surface area contributed by atoms with Crippen LogP contribution in [-0.4, -0.2) is 23.4 Å². The molecule has 1 aliphatic carbocycles. The Bertz CT molecular complexity index is 383. The average Bonchev–Trinajstić information content (AvgIpc) is 2.87. The lowest BCUT2D eigenvalue weighted by molar-refractivity contribution is 0.186. The molecule has 108 valence electrons. The minimum atomic E-state index is 0.677. The van der Waals surface area contributed by atoms with Crippen molar-refractivity contribution in [2.24, 2.45) is 17.8 Å². The van der Waals surface area contributed by atoms with Crippen molar-refractivity contribution < 1.29 is 0 Å². The molecule has 1 aromatic heterocycles. The summed E-state index contributed by atoms with van der Waals surface area (Å²) in [5.74, 6) is 3.12. The smallest absolute Gasteiger partial charge is 0.0492 e. The topological polar surface area (TPSA) is 29.9 Å². The minimum Gasteiger partial charge on any atom is -0.319 e. The van der Waals surface area contributed by atoms with E-state index in [2.05, 4.69) is 49.0 Å². The highest BCUT2D eigenvalue weighted by atomic mass is 15.3. The molecule has 0 radical (unpaired) electrons. The summed E-state index contributed by atoms with van der Waals surface area (Å²) >= 11 is 0. The van der Waals surface area contributed by atoms with Crippen molar-refractivity contribution in [2.75, 3.05) is 13.6 Å². The maximum atomic E-state index is 4.47. The molecule has 0 bridgehead atoms. The molecule has 1 heterocycles. The zero-order chi connectivity index (χ0) is 13.8. The molecule has 3 atom stereocenters. The number of aromatic nitrogens is 2. The predicted octanol–water partition coefficient (Wildman–Crippen LogP) is 3.28. The van der Waals surface area contributed by atoms with E-state index in [1.54, 1.807) is 0 Å². The Balaban J connectivity index is 2.20. The summed E-state index contributed by atoms with van der Waals surface area (Å²) < 4.78 is 2.19. The third-order valence-electron chi connectivity index (χ3n) is 4.87. The second kappa shape index (κ2) is 6.56. The molecule has 0 spiro atoms. The molecule has 3 nitrogen and oxygen atoms in total. The van der Waals surface area contributed by atoms with Crippen LogP contribution < -0.4 is 5.32 Å². The number of nitrogens with one attached hydrogen (secondary N) is 1. The third kappa shape index (κ3) is 3.19. The second-order valence-electron chi connectivity index (χ2n) is 6.31. The number of hydrogen-bond donors (Lipinski definition) is 1. The molecule has 1 fully saturated rings. The van der Waals surface area contributed by atoms with E-state index in [4.69, 9.17) is 0 Å². The van der Waals surface area contributed by atoms with Crippen LogP contribution in [0.4, 0.5) is 0 Å². The maximum absolute atomic E-state index is 4.47. The first-order chi connectivity index (χ1) is 9.17. The molecule has 3 heteroatoms. The van der Waals surface area contributed by atoms with Gasteiger partial charge in [-0.2, -0.15) is 5.10 Å². The Morgan fingerprint density at radius 1 is 1.42 bits per heavy atom. The quantitative estimate of drug-likeness (QED) is 0.883. The summed E-state index contributed by atoms with van der Waals surface area (Å²) in [6, 6.07) is 2.24. The summed E-state index contributed by atoms with van der Waals surface area (Å²) in [5, 5.41) is 7.85. The highest BCUT2D eigenvalue weighted by Gasteiger charge is 2.33. The lowest BCUT2D eigenvalue weighted by Gasteiger charge is -2.38. The SMILES string of the molecule is CCn1nccc1C1CC(C(C)C)CCC1CNC. The van der Waals surface area contributed by atoms with Gasteiger partial charge in [0.2, 0.25) is 0 Å². The standard InChI is InChI=1S/C16H29N3/c1-5-19-16(8-9-18-19)15-10-13(12(2)3)6-7-14(15)11-17-4/h8-9,12-15,17H,5-7,10-11H2,1-4H3. The molecule has 1 N–H and O–H groups in total. The van der Waals surface area contributed by atoms with Crippen molar-refractivity contribution >= 4 is 0 Å². The van der Waals surface area contributed by atoms with Crippen LogP contribution in [0.1, 0.15) is 51.6 Å². The van der Waals surface area contributed by atoms with Gasteiger partial charge in [-0.15, -0.1) is 0 Å². The highest BCUT2D eigenvalue weighted by molar-refractivity contribution is 5.11. The lowest BCUT2D eigenvalue weighted by Crippen LogP contribution is -2.33. The van der Waals surface area contributed by atoms with Crippen LogP contribution in [0.2, 0.25) is 0 Å². The van der Waals surface area contributed by atoms with Gasteiger partial charge < -0.3 is 5.32 Å². The third-order valence-corrected chi connectivity index (χ3v) is 4.87. The van der Waals surface area contributed by atoms with E-state index in [9.17, 15) is 0 Å². The zero-order valence-corrected chi connectivity index (χ0v) is 12.9. The van der Waals surface area contributed by atoms with Crippen molar-refractivity contribution in [1.82, 2.24) is 15.1 Å². The van der Waals surface area contributed by atoms with Crippen LogP contribution in [0, 0.1) is 17.8 Å². The van der Waals surface area contributed by atoms with E-state index in [1.165, 1.54) is 25.0 Å². The van der Waals surface area contributed by atoms with Crippen LogP contribution >= 0.6 is 0 Å². The second-order valence-corrected chi connectivity index (χ2v) is 6.31. The largest absolute Gasteiger partial charge is 0.319 e. The first-order valence-corrected chi connectivity index (χ1v) is 7.83. The molecule has 1 aromatic rings. The van der Waals surface area contributed by atoms with E-state index in [0.29, 0.717) is 5.92 Å². The van der Waals surface area contributed by atoms with Crippen molar-refractivity contribution in [3.05, 3.63) is 18.0 Å². The van der Waals surface area contributed by atoms with Crippen LogP contribution in [0.5, 0.6) is 0 Å². The number of aryl methyl sites for hydroxylation is 1. The summed E-state index contributed by atoms with van der Waals surface area (Å²) in [7, 11) is 2.07. The van der Waals surface area contributed by atoms with E-state index >= 15 is 0 Å². The van der Waals surface area contributed by atoms with Crippen LogP contribution in [0.3, 0.4) is 0 Å². The Labute approximate surface area is 117 Å². The normalized spacial score (nSPS) is 27.9. The van der Waals surface area contributed by atoms with Gasteiger partial charge in [0.25, 0.3) is 0 Å². The minimum absolute atomic E-state index is 0.677. The van der Waals surface area contributed by atoms with Gasteiger partial charge in [0, 0.05) is 24.4 Å². The van der Waals surface area contributed by atoms with Gasteiger partial charge in [0.1, 0.15) is 0 Å². The summed E-state index contributed by atoms with van der Waals surface area (Å²) in [4.78, 5) is 0. The Morgan fingerprint density at radius 2 is 2.21 bits per heavy atom. The van der Waals surface area contributed by atoms with E-state index in [-0.39, 0.29) is 0 Å². The van der Waals surface area contributed by atoms with E-state index in [0.717, 1.165) is 30.8 Å². The molecule has 0 amide bonds. The fraction of sp³-hybridized carbons (Fsp3) is 0.812. The monoisotopic (exact) mass is 263 g/mol. The van der Waals surface area contributed by atoms with Crippen molar-refractivity contribution in [3.8, 4) is 0 Å². The van der Waals surface area contributed by atoms with E-state index in [1.807, 2.05) is 6.20 Å². The van der Waals surface area contributed by atoms with E-state index < -0.39 is 0 Å². The Kier molecular flexibility index (Phi) is 5.03. The first-order valence-electron chi connectivity index (χ1n) is 7.83. The molecule has 2 rings (SSSR count). The van der Waals surface area contributed by atoms with Crippen LogP contribution in [0.15, 0.2) is 12.3 Å². The fourth-order valence-electron chi connectivity index (χ4n) is 3.66. The van der Waals surface area contributed by atoms with Gasteiger partial charge in [-0.25, -0.2) is 0 Å². The Morgan fingerprint density at radius 3 is 2.84 bits per heavy atom. The Hall–Kier alpha value is -0.830. The first kappa shape index (κ1) is 14.6. The van der Waals surface area contributed by atoms with Crippen molar-refractivity contribution in [1.29, 1.82) is 0 Å². The number of rotatable bonds is 5. The molecular weight excluding hydrogens is 234 g/mol. The molecule has 0 saturated heterocycles. The van der Waals surface area contributed by atoms with Crippen molar-refractivity contribution in [3.63, 3.8) is 0 Å². The molecule has 19 heavy (non-hydrogen) atoms. The van der Waals surface area contributed by atoms with Crippen molar-refractivity contribution in [2.45, 2.75) is 52.5 Å². The molecular formula is C16H29N3. The van der Waals surface area contributed by atoms with Gasteiger partial charge in [-0.1, -0.05) is 13.8 Å². The van der Waals surface area contributed by atoms with Gasteiger partial charge in [-0.05, 0) is 63.6 Å². The molecule has 0 aliphatic heterocycles. The highest BCUT2D eigenvalue weighted by Crippen LogP contribution is 2.42. The predicted molar refractivity (Wildman–Crippen MR) is 80.2 cm³/mol. The summed E-state index contributed by atoms with van der Waals surface area (Å²) in [5.41, 5.74) is 1.45. The average molecular weight is 263 g/mol. The van der Waals surface area contributed by atoms with Gasteiger partial charge in [0.05, 0.1) is 0 Å². The van der Waals surface area contributed by atoms with Crippen LogP contribution in [-0.2, 0) is 6.54 Å². The van der Waals surface area contributed by atoms with Gasteiger partial charge >= 0.3 is 0 Å².